The van der Waals surface area contributed by atoms with Crippen molar-refractivity contribution in [2.75, 3.05) is 26.2 Å². The van der Waals surface area contributed by atoms with E-state index in [-0.39, 0.29) is 0 Å². The van der Waals surface area contributed by atoms with Gasteiger partial charge in [-0.2, -0.15) is 0 Å². The highest BCUT2D eigenvalue weighted by molar-refractivity contribution is 5.21. The van der Waals surface area contributed by atoms with Crippen molar-refractivity contribution in [3.63, 3.8) is 0 Å². The van der Waals surface area contributed by atoms with Crippen LogP contribution in [-0.4, -0.2) is 36.0 Å². The molecule has 1 aliphatic rings. The number of allylic oxidation sites excluding steroid dienone is 2. The highest BCUT2D eigenvalue weighted by Crippen LogP contribution is 2.13. The van der Waals surface area contributed by atoms with Crippen molar-refractivity contribution in [1.29, 1.82) is 0 Å². The molecule has 2 rings (SSSR count). The third-order valence-corrected chi connectivity index (χ3v) is 3.77. The fourth-order valence-corrected chi connectivity index (χ4v) is 2.55. The van der Waals surface area contributed by atoms with Crippen molar-refractivity contribution in [3.05, 3.63) is 59.8 Å². The minimum absolute atomic E-state index is 1.06. The van der Waals surface area contributed by atoms with Crippen molar-refractivity contribution >= 4 is 0 Å². The molecule has 1 fully saturated rings. The van der Waals surface area contributed by atoms with Gasteiger partial charge in [-0.05, 0) is 25.5 Å². The summed E-state index contributed by atoms with van der Waals surface area (Å²) in [5.41, 5.74) is 4.00. The van der Waals surface area contributed by atoms with Crippen LogP contribution in [0.5, 0.6) is 0 Å². The molecule has 0 bridgehead atoms. The maximum Gasteiger partial charge on any atom is 0.0317 e. The van der Waals surface area contributed by atoms with Crippen molar-refractivity contribution in [3.8, 4) is 0 Å². The lowest BCUT2D eigenvalue weighted by Crippen LogP contribution is -2.45. The number of hydrogen-bond acceptors (Lipinski definition) is 2. The molecule has 0 N–H and O–H groups in total. The highest BCUT2D eigenvalue weighted by Gasteiger charge is 2.17. The molecule has 1 heterocycles. The molecular formula is C17H24N2. The molecule has 0 saturated carbocycles. The van der Waals surface area contributed by atoms with Crippen LogP contribution >= 0.6 is 0 Å². The van der Waals surface area contributed by atoms with Gasteiger partial charge in [0, 0.05) is 38.4 Å². The number of aryl methyl sites for hydroxylation is 1. The van der Waals surface area contributed by atoms with Gasteiger partial charge in [0.1, 0.15) is 0 Å². The maximum atomic E-state index is 3.88. The van der Waals surface area contributed by atoms with Gasteiger partial charge >= 0.3 is 0 Å². The van der Waals surface area contributed by atoms with Crippen LogP contribution in [0.25, 0.3) is 0 Å². The Kier molecular flexibility index (Phi) is 4.80. The van der Waals surface area contributed by atoms with Crippen LogP contribution in [0.1, 0.15) is 18.1 Å². The minimum Gasteiger partial charge on any atom is -0.369 e. The van der Waals surface area contributed by atoms with Crippen LogP contribution in [-0.2, 0) is 6.54 Å². The highest BCUT2D eigenvalue weighted by atomic mass is 15.3. The Bertz CT molecular complexity index is 437. The predicted molar refractivity (Wildman–Crippen MR) is 82.0 cm³/mol. The van der Waals surface area contributed by atoms with Gasteiger partial charge in [-0.3, -0.25) is 4.90 Å². The molecule has 102 valence electrons. The molecule has 1 aromatic carbocycles. The summed E-state index contributed by atoms with van der Waals surface area (Å²) >= 11 is 0. The average Bonchev–Trinajstić information content (AvgIpc) is 2.44. The van der Waals surface area contributed by atoms with Gasteiger partial charge in [0.05, 0.1) is 0 Å². The van der Waals surface area contributed by atoms with E-state index in [0.29, 0.717) is 0 Å². The van der Waals surface area contributed by atoms with E-state index in [4.69, 9.17) is 0 Å². The predicted octanol–water partition coefficient (Wildman–Crippen LogP) is 3.20. The topological polar surface area (TPSA) is 6.48 Å². The van der Waals surface area contributed by atoms with Gasteiger partial charge in [-0.15, -0.1) is 0 Å². The lowest BCUT2D eigenvalue weighted by Gasteiger charge is -2.36. The molecule has 0 amide bonds. The standard InChI is InChI=1S/C17H24N2/c1-4-17(5-2)19-12-10-18(11-13-19)14-16-8-6-15(3)7-9-16/h4-9H,1,10-14H2,2-3H3/b17-5+. The average molecular weight is 256 g/mol. The van der Waals surface area contributed by atoms with Gasteiger partial charge in [-0.1, -0.05) is 42.5 Å². The third-order valence-electron chi connectivity index (χ3n) is 3.77. The molecule has 2 nitrogen and oxygen atoms in total. The fraction of sp³-hybridized carbons (Fsp3) is 0.412. The molecule has 0 atom stereocenters. The number of piperazine rings is 1. The SMILES string of the molecule is C=C/C(=C\C)N1CCN(Cc2ccc(C)cc2)CC1. The fourth-order valence-electron chi connectivity index (χ4n) is 2.55. The lowest BCUT2D eigenvalue weighted by molar-refractivity contribution is 0.155. The summed E-state index contributed by atoms with van der Waals surface area (Å²) in [4.78, 5) is 4.94. The van der Waals surface area contributed by atoms with Gasteiger partial charge < -0.3 is 4.90 Å². The Morgan fingerprint density at radius 3 is 2.32 bits per heavy atom. The molecule has 1 aliphatic heterocycles. The summed E-state index contributed by atoms with van der Waals surface area (Å²) in [5, 5.41) is 0. The largest absolute Gasteiger partial charge is 0.369 e. The zero-order valence-electron chi connectivity index (χ0n) is 12.1. The smallest absolute Gasteiger partial charge is 0.0317 e. The van der Waals surface area contributed by atoms with E-state index < -0.39 is 0 Å². The second kappa shape index (κ2) is 6.58. The monoisotopic (exact) mass is 256 g/mol. The first-order chi connectivity index (χ1) is 9.22. The third kappa shape index (κ3) is 3.71. The van der Waals surface area contributed by atoms with Gasteiger partial charge in [0.25, 0.3) is 0 Å². The Morgan fingerprint density at radius 1 is 1.16 bits per heavy atom. The van der Waals surface area contributed by atoms with Crippen molar-refractivity contribution in [2.24, 2.45) is 0 Å². The van der Waals surface area contributed by atoms with Crippen molar-refractivity contribution < 1.29 is 0 Å². The molecule has 0 radical (unpaired) electrons. The first-order valence-corrected chi connectivity index (χ1v) is 7.04. The number of nitrogens with zero attached hydrogens (tertiary/aromatic N) is 2. The van der Waals surface area contributed by atoms with E-state index in [1.54, 1.807) is 0 Å². The zero-order valence-corrected chi connectivity index (χ0v) is 12.1. The van der Waals surface area contributed by atoms with Crippen molar-refractivity contribution in [1.82, 2.24) is 9.80 Å². The molecular weight excluding hydrogens is 232 g/mol. The van der Waals surface area contributed by atoms with Crippen LogP contribution in [0.2, 0.25) is 0 Å². The molecule has 1 saturated heterocycles. The summed E-state index contributed by atoms with van der Waals surface area (Å²) in [6.07, 6.45) is 4.10. The molecule has 1 aromatic rings. The summed E-state index contributed by atoms with van der Waals surface area (Å²) in [7, 11) is 0. The summed E-state index contributed by atoms with van der Waals surface area (Å²) in [5.74, 6) is 0. The van der Waals surface area contributed by atoms with Crippen LogP contribution in [0.3, 0.4) is 0 Å². The Labute approximate surface area is 117 Å². The zero-order chi connectivity index (χ0) is 13.7. The van der Waals surface area contributed by atoms with Crippen LogP contribution in [0.15, 0.2) is 48.7 Å². The van der Waals surface area contributed by atoms with E-state index in [9.17, 15) is 0 Å². The van der Waals surface area contributed by atoms with Gasteiger partial charge in [-0.25, -0.2) is 0 Å². The quantitative estimate of drug-likeness (QED) is 0.763. The van der Waals surface area contributed by atoms with Crippen LogP contribution in [0, 0.1) is 6.92 Å². The molecule has 0 aliphatic carbocycles. The maximum absolute atomic E-state index is 3.88. The second-order valence-corrected chi connectivity index (χ2v) is 5.17. The summed E-state index contributed by atoms with van der Waals surface area (Å²) in [6, 6.07) is 8.87. The Hall–Kier alpha value is -1.54. The summed E-state index contributed by atoms with van der Waals surface area (Å²) < 4.78 is 0. The number of benzene rings is 1. The van der Waals surface area contributed by atoms with Gasteiger partial charge in [0.2, 0.25) is 0 Å². The lowest BCUT2D eigenvalue weighted by atomic mass is 10.1. The van der Waals surface area contributed by atoms with Gasteiger partial charge in [0.15, 0.2) is 0 Å². The van der Waals surface area contributed by atoms with E-state index >= 15 is 0 Å². The van der Waals surface area contributed by atoms with E-state index in [0.717, 1.165) is 32.7 Å². The normalized spacial score (nSPS) is 17.6. The Balaban J connectivity index is 1.86. The van der Waals surface area contributed by atoms with E-state index in [2.05, 4.69) is 60.6 Å². The minimum atomic E-state index is 1.06. The molecule has 19 heavy (non-hydrogen) atoms. The Morgan fingerprint density at radius 2 is 1.79 bits per heavy atom. The van der Waals surface area contributed by atoms with E-state index in [1.165, 1.54) is 16.8 Å². The molecule has 2 heteroatoms. The molecule has 0 unspecified atom stereocenters. The van der Waals surface area contributed by atoms with Crippen LogP contribution in [0.4, 0.5) is 0 Å². The van der Waals surface area contributed by atoms with Crippen molar-refractivity contribution in [2.45, 2.75) is 20.4 Å². The number of hydrogen-bond donors (Lipinski definition) is 0. The summed E-state index contributed by atoms with van der Waals surface area (Å²) in [6.45, 7) is 13.6. The van der Waals surface area contributed by atoms with Crippen LogP contribution < -0.4 is 0 Å². The molecule has 0 spiro atoms. The second-order valence-electron chi connectivity index (χ2n) is 5.17. The first-order valence-electron chi connectivity index (χ1n) is 7.04. The first kappa shape index (κ1) is 13.9. The number of rotatable bonds is 4. The molecule has 0 aromatic heterocycles. The van der Waals surface area contributed by atoms with E-state index in [1.807, 2.05) is 6.08 Å².